The highest BCUT2D eigenvalue weighted by molar-refractivity contribution is 5.44. The van der Waals surface area contributed by atoms with Crippen LogP contribution in [0.1, 0.15) is 19.8 Å². The molecule has 4 heteroatoms. The summed E-state index contributed by atoms with van der Waals surface area (Å²) in [6.45, 7) is 5.86. The molecule has 106 valence electrons. The summed E-state index contributed by atoms with van der Waals surface area (Å²) >= 11 is 0. The SMILES string of the molecule is COC1(C)CCCN(CCNc2ccccc2F)C1. The van der Waals surface area contributed by atoms with E-state index >= 15 is 0 Å². The molecule has 0 saturated carbocycles. The van der Waals surface area contributed by atoms with Crippen molar-refractivity contribution in [1.29, 1.82) is 0 Å². The van der Waals surface area contributed by atoms with Gasteiger partial charge in [-0.15, -0.1) is 0 Å². The first kappa shape index (κ1) is 14.3. The van der Waals surface area contributed by atoms with Crippen LogP contribution in [0.5, 0.6) is 0 Å². The monoisotopic (exact) mass is 266 g/mol. The van der Waals surface area contributed by atoms with Gasteiger partial charge in [0.2, 0.25) is 0 Å². The number of nitrogens with one attached hydrogen (secondary N) is 1. The van der Waals surface area contributed by atoms with Gasteiger partial charge in [-0.3, -0.25) is 4.90 Å². The van der Waals surface area contributed by atoms with Gasteiger partial charge in [-0.05, 0) is 38.4 Å². The molecular weight excluding hydrogens is 243 g/mol. The van der Waals surface area contributed by atoms with Crippen molar-refractivity contribution in [2.45, 2.75) is 25.4 Å². The van der Waals surface area contributed by atoms with Crippen molar-refractivity contribution in [2.75, 3.05) is 38.6 Å². The van der Waals surface area contributed by atoms with Crippen molar-refractivity contribution >= 4 is 5.69 Å². The van der Waals surface area contributed by atoms with Gasteiger partial charge in [-0.1, -0.05) is 12.1 Å². The van der Waals surface area contributed by atoms with Gasteiger partial charge in [0.1, 0.15) is 5.82 Å². The predicted octanol–water partition coefficient (Wildman–Crippen LogP) is 2.74. The number of para-hydroxylation sites is 1. The molecule has 0 spiro atoms. The Kier molecular flexibility index (Phi) is 4.77. The van der Waals surface area contributed by atoms with Crippen molar-refractivity contribution in [3.8, 4) is 0 Å². The lowest BCUT2D eigenvalue weighted by Gasteiger charge is -2.39. The van der Waals surface area contributed by atoms with Crippen LogP contribution in [0.3, 0.4) is 0 Å². The Labute approximate surface area is 114 Å². The van der Waals surface area contributed by atoms with Crippen LogP contribution in [0, 0.1) is 5.82 Å². The molecule has 1 atom stereocenters. The minimum atomic E-state index is -0.192. The van der Waals surface area contributed by atoms with E-state index in [4.69, 9.17) is 4.74 Å². The van der Waals surface area contributed by atoms with E-state index in [1.165, 1.54) is 6.07 Å². The maximum atomic E-state index is 13.4. The van der Waals surface area contributed by atoms with E-state index in [0.717, 1.165) is 39.0 Å². The number of hydrogen-bond donors (Lipinski definition) is 1. The first-order valence-electron chi connectivity index (χ1n) is 6.89. The minimum Gasteiger partial charge on any atom is -0.381 e. The Morgan fingerprint density at radius 1 is 1.42 bits per heavy atom. The van der Waals surface area contributed by atoms with Crippen LogP contribution in [-0.2, 0) is 4.74 Å². The predicted molar refractivity (Wildman–Crippen MR) is 76.0 cm³/mol. The minimum absolute atomic E-state index is 0.0315. The molecule has 1 aliphatic heterocycles. The van der Waals surface area contributed by atoms with E-state index in [1.54, 1.807) is 19.2 Å². The smallest absolute Gasteiger partial charge is 0.146 e. The van der Waals surface area contributed by atoms with Gasteiger partial charge in [0, 0.05) is 26.7 Å². The van der Waals surface area contributed by atoms with Crippen LogP contribution >= 0.6 is 0 Å². The second-order valence-corrected chi connectivity index (χ2v) is 5.44. The van der Waals surface area contributed by atoms with Gasteiger partial charge in [0.15, 0.2) is 0 Å². The average Bonchev–Trinajstić information content (AvgIpc) is 2.41. The van der Waals surface area contributed by atoms with E-state index in [0.29, 0.717) is 5.69 Å². The molecule has 1 fully saturated rings. The van der Waals surface area contributed by atoms with Crippen molar-refractivity contribution in [3.63, 3.8) is 0 Å². The topological polar surface area (TPSA) is 24.5 Å². The zero-order valence-corrected chi connectivity index (χ0v) is 11.8. The molecule has 1 aromatic carbocycles. The van der Waals surface area contributed by atoms with Crippen LogP contribution in [-0.4, -0.2) is 43.8 Å². The lowest BCUT2D eigenvalue weighted by atomic mass is 9.95. The van der Waals surface area contributed by atoms with Gasteiger partial charge in [0.25, 0.3) is 0 Å². The molecule has 0 amide bonds. The fourth-order valence-corrected chi connectivity index (χ4v) is 2.62. The Bertz CT molecular complexity index is 413. The van der Waals surface area contributed by atoms with Gasteiger partial charge in [-0.2, -0.15) is 0 Å². The number of rotatable bonds is 5. The third kappa shape index (κ3) is 3.91. The van der Waals surface area contributed by atoms with Crippen molar-refractivity contribution in [2.24, 2.45) is 0 Å². The Morgan fingerprint density at radius 3 is 2.95 bits per heavy atom. The van der Waals surface area contributed by atoms with Gasteiger partial charge in [0.05, 0.1) is 11.3 Å². The van der Waals surface area contributed by atoms with Crippen molar-refractivity contribution < 1.29 is 9.13 Å². The number of nitrogens with zero attached hydrogens (tertiary/aromatic N) is 1. The number of ether oxygens (including phenoxy) is 1. The van der Waals surface area contributed by atoms with E-state index in [9.17, 15) is 4.39 Å². The van der Waals surface area contributed by atoms with Crippen LogP contribution in [0.2, 0.25) is 0 Å². The number of likely N-dealkylation sites (tertiary alicyclic amines) is 1. The van der Waals surface area contributed by atoms with Gasteiger partial charge in [-0.25, -0.2) is 4.39 Å². The molecule has 2 rings (SSSR count). The second kappa shape index (κ2) is 6.35. The molecular formula is C15H23FN2O. The Hall–Kier alpha value is -1.13. The molecule has 1 saturated heterocycles. The highest BCUT2D eigenvalue weighted by Gasteiger charge is 2.30. The van der Waals surface area contributed by atoms with E-state index in [-0.39, 0.29) is 11.4 Å². The Morgan fingerprint density at radius 2 is 2.21 bits per heavy atom. The summed E-state index contributed by atoms with van der Waals surface area (Å²) in [6.07, 6.45) is 2.27. The zero-order chi connectivity index (χ0) is 13.7. The maximum Gasteiger partial charge on any atom is 0.146 e. The van der Waals surface area contributed by atoms with E-state index in [1.807, 2.05) is 6.07 Å². The molecule has 1 N–H and O–H groups in total. The third-order valence-corrected chi connectivity index (χ3v) is 3.85. The van der Waals surface area contributed by atoms with Gasteiger partial charge < -0.3 is 10.1 Å². The number of anilines is 1. The molecule has 0 aromatic heterocycles. The number of halogens is 1. The standard InChI is InChI=1S/C15H23FN2O/c1-15(19-2)8-5-10-18(12-15)11-9-17-14-7-4-3-6-13(14)16/h3-4,6-7,17H,5,8-12H2,1-2H3. The molecule has 19 heavy (non-hydrogen) atoms. The molecule has 0 bridgehead atoms. The first-order valence-corrected chi connectivity index (χ1v) is 6.89. The number of piperidine rings is 1. The fraction of sp³-hybridized carbons (Fsp3) is 0.600. The van der Waals surface area contributed by atoms with Crippen LogP contribution in [0.15, 0.2) is 24.3 Å². The largest absolute Gasteiger partial charge is 0.381 e. The Balaban J connectivity index is 1.78. The highest BCUT2D eigenvalue weighted by atomic mass is 19.1. The molecule has 1 aromatic rings. The van der Waals surface area contributed by atoms with Crippen molar-refractivity contribution in [3.05, 3.63) is 30.1 Å². The summed E-state index contributed by atoms with van der Waals surface area (Å²) < 4.78 is 19.0. The summed E-state index contributed by atoms with van der Waals surface area (Å²) in [4.78, 5) is 2.38. The van der Waals surface area contributed by atoms with E-state index in [2.05, 4.69) is 17.1 Å². The lowest BCUT2D eigenvalue weighted by Crippen LogP contribution is -2.48. The third-order valence-electron chi connectivity index (χ3n) is 3.85. The molecule has 1 heterocycles. The number of hydrogen-bond acceptors (Lipinski definition) is 3. The highest BCUT2D eigenvalue weighted by Crippen LogP contribution is 2.23. The second-order valence-electron chi connectivity index (χ2n) is 5.44. The van der Waals surface area contributed by atoms with Crippen molar-refractivity contribution in [1.82, 2.24) is 4.90 Å². The van der Waals surface area contributed by atoms with Crippen LogP contribution in [0.4, 0.5) is 10.1 Å². The number of benzene rings is 1. The summed E-state index contributed by atoms with van der Waals surface area (Å²) in [6, 6.07) is 6.79. The molecule has 0 radical (unpaired) electrons. The summed E-state index contributed by atoms with van der Waals surface area (Å²) in [7, 11) is 1.78. The first-order chi connectivity index (χ1) is 9.13. The summed E-state index contributed by atoms with van der Waals surface area (Å²) in [5, 5.41) is 3.15. The number of methoxy groups -OCH3 is 1. The van der Waals surface area contributed by atoms with Crippen LogP contribution in [0.25, 0.3) is 0 Å². The van der Waals surface area contributed by atoms with Crippen LogP contribution < -0.4 is 5.32 Å². The molecule has 0 aliphatic carbocycles. The molecule has 1 unspecified atom stereocenters. The van der Waals surface area contributed by atoms with Gasteiger partial charge >= 0.3 is 0 Å². The quantitative estimate of drug-likeness (QED) is 0.887. The molecule has 1 aliphatic rings. The molecule has 3 nitrogen and oxygen atoms in total. The summed E-state index contributed by atoms with van der Waals surface area (Å²) in [5.74, 6) is -0.192. The zero-order valence-electron chi connectivity index (χ0n) is 11.8. The fourth-order valence-electron chi connectivity index (χ4n) is 2.62. The lowest BCUT2D eigenvalue weighted by molar-refractivity contribution is -0.0496. The maximum absolute atomic E-state index is 13.4. The normalized spacial score (nSPS) is 24.4. The van der Waals surface area contributed by atoms with E-state index < -0.39 is 0 Å². The average molecular weight is 266 g/mol. The summed E-state index contributed by atoms with van der Waals surface area (Å²) in [5.41, 5.74) is 0.546.